The summed E-state index contributed by atoms with van der Waals surface area (Å²) in [5, 5.41) is 0. The lowest BCUT2D eigenvalue weighted by Gasteiger charge is -1.79. The Kier molecular flexibility index (Phi) is 1.04. The van der Waals surface area contributed by atoms with Crippen molar-refractivity contribution in [3.63, 3.8) is 0 Å². The normalized spacial score (nSPS) is 9.88. The highest BCUT2D eigenvalue weighted by Crippen LogP contribution is 2.02. The fourth-order valence-electron chi connectivity index (χ4n) is 0.518. The molecule has 1 rings (SSSR count). The summed E-state index contributed by atoms with van der Waals surface area (Å²) in [7, 11) is 1.56. The molecule has 0 bridgehead atoms. The predicted octanol–water partition coefficient (Wildman–Crippen LogP) is 1.30. The van der Waals surface area contributed by atoms with Crippen LogP contribution in [0.1, 0.15) is 0 Å². The van der Waals surface area contributed by atoms with Gasteiger partial charge in [-0.15, -0.1) is 0 Å². The molecule has 1 heterocycles. The van der Waals surface area contributed by atoms with E-state index >= 15 is 0 Å². The largest absolute Gasteiger partial charge is 0.352 e. The Bertz CT molecular complexity index is 173. The molecule has 0 aliphatic carbocycles. The Hall–Kier alpha value is -0.860. The van der Waals surface area contributed by atoms with Crippen LogP contribution in [0.25, 0.3) is 0 Å². The van der Waals surface area contributed by atoms with E-state index in [1.54, 1.807) is 7.05 Å². The second-order valence-electron chi connectivity index (χ2n) is 1.62. The van der Waals surface area contributed by atoms with Crippen LogP contribution in [-0.4, -0.2) is 4.57 Å². The van der Waals surface area contributed by atoms with E-state index in [2.05, 4.69) is 0 Å². The lowest BCUT2D eigenvalue weighted by molar-refractivity contribution is 0.516. The number of nitrogens with zero attached hydrogens (tertiary/aromatic N) is 1. The van der Waals surface area contributed by atoms with Gasteiger partial charge in [-0.25, -0.2) is 8.78 Å². The first kappa shape index (κ1) is 5.28. The fraction of sp³-hybridized carbons (Fsp3) is 0.200. The highest BCUT2D eigenvalue weighted by molar-refractivity contribution is 4.97. The van der Waals surface area contributed by atoms with Gasteiger partial charge in [0, 0.05) is 19.4 Å². The molecule has 1 aromatic rings. The maximum atomic E-state index is 11.9. The molecule has 0 atom stereocenters. The fourth-order valence-corrected chi connectivity index (χ4v) is 0.518. The van der Waals surface area contributed by atoms with E-state index in [1.807, 2.05) is 0 Å². The van der Waals surface area contributed by atoms with Crippen molar-refractivity contribution in [2.45, 2.75) is 0 Å². The van der Waals surface area contributed by atoms with Gasteiger partial charge in [0.25, 0.3) is 0 Å². The zero-order chi connectivity index (χ0) is 6.15. The van der Waals surface area contributed by atoms with Gasteiger partial charge in [0.05, 0.1) is 0 Å². The van der Waals surface area contributed by atoms with Crippen LogP contribution >= 0.6 is 0 Å². The molecule has 0 radical (unpaired) electrons. The Morgan fingerprint density at radius 3 is 1.75 bits per heavy atom. The molecule has 0 spiro atoms. The minimum atomic E-state index is -0.799. The summed E-state index contributed by atoms with van der Waals surface area (Å²) in [5.74, 6) is -1.60. The summed E-state index contributed by atoms with van der Waals surface area (Å²) in [6, 6.07) is 0. The van der Waals surface area contributed by atoms with Gasteiger partial charge in [0.1, 0.15) is 0 Å². The van der Waals surface area contributed by atoms with Crippen molar-refractivity contribution in [2.75, 3.05) is 0 Å². The molecule has 0 aliphatic rings. The van der Waals surface area contributed by atoms with Gasteiger partial charge in [-0.2, -0.15) is 0 Å². The summed E-state index contributed by atoms with van der Waals surface area (Å²) in [4.78, 5) is 0. The first-order valence-corrected chi connectivity index (χ1v) is 2.17. The summed E-state index contributed by atoms with van der Waals surface area (Å²) >= 11 is 0. The molecule has 0 unspecified atom stereocenters. The van der Waals surface area contributed by atoms with Gasteiger partial charge >= 0.3 is 0 Å². The van der Waals surface area contributed by atoms with Gasteiger partial charge in [-0.1, -0.05) is 0 Å². The zero-order valence-corrected chi connectivity index (χ0v) is 4.36. The summed E-state index contributed by atoms with van der Waals surface area (Å²) in [6.45, 7) is 0. The molecule has 3 heteroatoms. The molecule has 0 N–H and O–H groups in total. The van der Waals surface area contributed by atoms with Crippen molar-refractivity contribution in [3.05, 3.63) is 24.0 Å². The lowest BCUT2D eigenvalue weighted by Crippen LogP contribution is -1.77. The van der Waals surface area contributed by atoms with Crippen LogP contribution in [-0.2, 0) is 7.05 Å². The van der Waals surface area contributed by atoms with E-state index in [0.717, 1.165) is 12.4 Å². The first-order valence-electron chi connectivity index (χ1n) is 2.17. The van der Waals surface area contributed by atoms with Crippen LogP contribution < -0.4 is 0 Å². The lowest BCUT2D eigenvalue weighted by atomic mass is 10.6. The molecule has 0 aromatic carbocycles. The van der Waals surface area contributed by atoms with Crippen molar-refractivity contribution >= 4 is 0 Å². The van der Waals surface area contributed by atoms with Crippen LogP contribution in [0.4, 0.5) is 8.78 Å². The van der Waals surface area contributed by atoms with Crippen LogP contribution in [0, 0.1) is 11.6 Å². The predicted molar refractivity (Wildman–Crippen MR) is 25.3 cm³/mol. The van der Waals surface area contributed by atoms with E-state index in [1.165, 1.54) is 4.57 Å². The quantitative estimate of drug-likeness (QED) is 0.482. The van der Waals surface area contributed by atoms with Gasteiger partial charge in [-0.3, -0.25) is 0 Å². The highest BCUT2D eigenvalue weighted by atomic mass is 19.2. The van der Waals surface area contributed by atoms with E-state index in [-0.39, 0.29) is 0 Å². The third-order valence-electron chi connectivity index (χ3n) is 0.862. The molecule has 44 valence electrons. The molecule has 0 aliphatic heterocycles. The van der Waals surface area contributed by atoms with Crippen LogP contribution in [0.2, 0.25) is 0 Å². The molecule has 0 fully saturated rings. The van der Waals surface area contributed by atoms with Crippen molar-refractivity contribution < 1.29 is 8.78 Å². The van der Waals surface area contributed by atoms with Gasteiger partial charge < -0.3 is 4.57 Å². The second-order valence-corrected chi connectivity index (χ2v) is 1.62. The summed E-state index contributed by atoms with van der Waals surface area (Å²) < 4.78 is 25.2. The van der Waals surface area contributed by atoms with Crippen LogP contribution in [0.3, 0.4) is 0 Å². The van der Waals surface area contributed by atoms with E-state index in [0.29, 0.717) is 0 Å². The van der Waals surface area contributed by atoms with Crippen LogP contribution in [0.5, 0.6) is 0 Å². The van der Waals surface area contributed by atoms with E-state index in [9.17, 15) is 8.78 Å². The van der Waals surface area contributed by atoms with Crippen molar-refractivity contribution in [2.24, 2.45) is 7.05 Å². The number of aryl methyl sites for hydroxylation is 1. The monoisotopic (exact) mass is 117 g/mol. The minimum Gasteiger partial charge on any atom is -0.352 e. The Morgan fingerprint density at radius 2 is 1.62 bits per heavy atom. The molecule has 1 aromatic heterocycles. The number of rotatable bonds is 0. The zero-order valence-electron chi connectivity index (χ0n) is 4.36. The number of hydrogen-bond donors (Lipinski definition) is 0. The SMILES string of the molecule is Cn1cc(F)c(F)c1. The molecule has 0 amide bonds. The molecular formula is C5H5F2N. The third-order valence-corrected chi connectivity index (χ3v) is 0.862. The average molecular weight is 117 g/mol. The molecule has 0 saturated heterocycles. The number of hydrogen-bond acceptors (Lipinski definition) is 0. The van der Waals surface area contributed by atoms with Gasteiger partial charge in [0.15, 0.2) is 11.6 Å². The maximum Gasteiger partial charge on any atom is 0.176 e. The number of halogens is 2. The average Bonchev–Trinajstić information content (AvgIpc) is 1.85. The highest BCUT2D eigenvalue weighted by Gasteiger charge is 2.00. The van der Waals surface area contributed by atoms with Crippen molar-refractivity contribution in [1.82, 2.24) is 4.57 Å². The summed E-state index contributed by atoms with van der Waals surface area (Å²) in [6.07, 6.45) is 2.16. The van der Waals surface area contributed by atoms with Gasteiger partial charge in [0.2, 0.25) is 0 Å². The van der Waals surface area contributed by atoms with Crippen molar-refractivity contribution in [1.29, 1.82) is 0 Å². The molecule has 8 heavy (non-hydrogen) atoms. The number of aromatic nitrogens is 1. The topological polar surface area (TPSA) is 4.93 Å². The molecular weight excluding hydrogens is 112 g/mol. The van der Waals surface area contributed by atoms with E-state index < -0.39 is 11.6 Å². The Morgan fingerprint density at radius 1 is 1.25 bits per heavy atom. The summed E-state index contributed by atoms with van der Waals surface area (Å²) in [5.41, 5.74) is 0. The Labute approximate surface area is 45.5 Å². The smallest absolute Gasteiger partial charge is 0.176 e. The van der Waals surface area contributed by atoms with E-state index in [4.69, 9.17) is 0 Å². The molecule has 0 saturated carbocycles. The third kappa shape index (κ3) is 0.710. The van der Waals surface area contributed by atoms with Crippen molar-refractivity contribution in [3.8, 4) is 0 Å². The standard InChI is InChI=1S/C5H5F2N/c1-8-2-4(6)5(7)3-8/h2-3H,1H3. The van der Waals surface area contributed by atoms with Gasteiger partial charge in [-0.05, 0) is 0 Å². The minimum absolute atomic E-state index is 0.799. The maximum absolute atomic E-state index is 11.9. The molecule has 1 nitrogen and oxygen atoms in total. The Balaban J connectivity index is 3.14. The van der Waals surface area contributed by atoms with Crippen LogP contribution in [0.15, 0.2) is 12.4 Å². The first-order chi connectivity index (χ1) is 3.70. The second kappa shape index (κ2) is 1.58.